The summed E-state index contributed by atoms with van der Waals surface area (Å²) in [6.45, 7) is 6.04. The van der Waals surface area contributed by atoms with Crippen molar-refractivity contribution in [1.29, 1.82) is 0 Å². The molecule has 6 heteroatoms. The smallest absolute Gasteiger partial charge is 0.327 e. The van der Waals surface area contributed by atoms with Crippen molar-refractivity contribution in [2.45, 2.75) is 26.3 Å². The summed E-state index contributed by atoms with van der Waals surface area (Å²) in [7, 11) is 0. The first-order chi connectivity index (χ1) is 8.31. The Kier molecular flexibility index (Phi) is 4.24. The summed E-state index contributed by atoms with van der Waals surface area (Å²) in [4.78, 5) is 10.2. The average molecular weight is 255 g/mol. The summed E-state index contributed by atoms with van der Waals surface area (Å²) in [6, 6.07) is 3.98. The second kappa shape index (κ2) is 5.30. The Labute approximate surface area is 105 Å². The Morgan fingerprint density at radius 3 is 2.61 bits per heavy atom. The molecule has 0 aromatic heterocycles. The minimum Gasteiger partial charge on any atom is -0.373 e. The van der Waals surface area contributed by atoms with Crippen LogP contribution < -0.4 is 11.1 Å². The van der Waals surface area contributed by atoms with E-state index in [1.807, 2.05) is 20.8 Å². The summed E-state index contributed by atoms with van der Waals surface area (Å²) < 4.78 is 13.5. The van der Waals surface area contributed by atoms with Gasteiger partial charge in [0.2, 0.25) is 5.82 Å². The standard InChI is InChI=1S/C12H18FN3O2/c1-8(2)12(3,7-14)15-10-6-4-5-9(13)11(10)16(17)18/h4-6,8,15H,7,14H2,1-3H3. The average Bonchev–Trinajstić information content (AvgIpc) is 2.28. The van der Waals surface area contributed by atoms with Gasteiger partial charge < -0.3 is 11.1 Å². The highest BCUT2D eigenvalue weighted by Gasteiger charge is 2.30. The molecule has 1 rings (SSSR count). The first kappa shape index (κ1) is 14.4. The summed E-state index contributed by atoms with van der Waals surface area (Å²) >= 11 is 0. The van der Waals surface area contributed by atoms with Crippen LogP contribution in [0.3, 0.4) is 0 Å². The second-order valence-electron chi connectivity index (χ2n) is 4.79. The molecule has 1 aromatic carbocycles. The predicted octanol–water partition coefficient (Wildman–Crippen LogP) is 2.52. The van der Waals surface area contributed by atoms with Crippen molar-refractivity contribution in [3.63, 3.8) is 0 Å². The van der Waals surface area contributed by atoms with Crippen LogP contribution in [0.15, 0.2) is 18.2 Å². The molecule has 0 aliphatic rings. The maximum Gasteiger partial charge on any atom is 0.327 e. The molecule has 0 bridgehead atoms. The van der Waals surface area contributed by atoms with Gasteiger partial charge in [0.25, 0.3) is 0 Å². The number of nitrogens with one attached hydrogen (secondary N) is 1. The van der Waals surface area contributed by atoms with Crippen molar-refractivity contribution in [2.24, 2.45) is 11.7 Å². The third-order valence-corrected chi connectivity index (χ3v) is 3.29. The Balaban J connectivity index is 3.19. The van der Waals surface area contributed by atoms with Gasteiger partial charge in [-0.3, -0.25) is 10.1 Å². The summed E-state index contributed by atoms with van der Waals surface area (Å²) in [6.07, 6.45) is 0. The van der Waals surface area contributed by atoms with Crippen molar-refractivity contribution in [1.82, 2.24) is 0 Å². The number of rotatable bonds is 5. The predicted molar refractivity (Wildman–Crippen MR) is 69.0 cm³/mol. The van der Waals surface area contributed by atoms with Gasteiger partial charge in [-0.05, 0) is 25.0 Å². The van der Waals surface area contributed by atoms with E-state index in [1.54, 1.807) is 0 Å². The van der Waals surface area contributed by atoms with Gasteiger partial charge in [-0.25, -0.2) is 0 Å². The number of nitro benzene ring substituents is 1. The van der Waals surface area contributed by atoms with E-state index in [2.05, 4.69) is 5.32 Å². The SMILES string of the molecule is CC(C)C(C)(CN)Nc1cccc(F)c1[N+](=O)[O-]. The molecule has 1 unspecified atom stereocenters. The van der Waals surface area contributed by atoms with Gasteiger partial charge in [-0.2, -0.15) is 4.39 Å². The number of benzene rings is 1. The number of halogens is 1. The van der Waals surface area contributed by atoms with Crippen molar-refractivity contribution >= 4 is 11.4 Å². The molecule has 0 aliphatic carbocycles. The van der Waals surface area contributed by atoms with Gasteiger partial charge >= 0.3 is 5.69 Å². The number of para-hydroxylation sites is 1. The maximum absolute atomic E-state index is 13.5. The summed E-state index contributed by atoms with van der Waals surface area (Å²) in [5.74, 6) is -0.710. The fourth-order valence-corrected chi connectivity index (χ4v) is 1.54. The molecule has 5 nitrogen and oxygen atoms in total. The van der Waals surface area contributed by atoms with Gasteiger partial charge in [0, 0.05) is 12.1 Å². The highest BCUT2D eigenvalue weighted by Crippen LogP contribution is 2.31. The number of nitrogens with two attached hydrogens (primary N) is 1. The molecule has 18 heavy (non-hydrogen) atoms. The molecule has 0 spiro atoms. The maximum atomic E-state index is 13.5. The largest absolute Gasteiger partial charge is 0.373 e. The molecule has 3 N–H and O–H groups in total. The quantitative estimate of drug-likeness (QED) is 0.625. The molecular formula is C12H18FN3O2. The molecule has 0 fully saturated rings. The fraction of sp³-hybridized carbons (Fsp3) is 0.500. The topological polar surface area (TPSA) is 81.2 Å². The van der Waals surface area contributed by atoms with Crippen LogP contribution in [0.25, 0.3) is 0 Å². The van der Waals surface area contributed by atoms with Crippen LogP contribution in [0.1, 0.15) is 20.8 Å². The van der Waals surface area contributed by atoms with Crippen molar-refractivity contribution in [3.05, 3.63) is 34.1 Å². The highest BCUT2D eigenvalue weighted by molar-refractivity contribution is 5.63. The van der Waals surface area contributed by atoms with E-state index in [4.69, 9.17) is 5.73 Å². The van der Waals surface area contributed by atoms with Crippen molar-refractivity contribution in [2.75, 3.05) is 11.9 Å². The van der Waals surface area contributed by atoms with Gasteiger partial charge in [-0.1, -0.05) is 19.9 Å². The molecule has 100 valence electrons. The van der Waals surface area contributed by atoms with E-state index < -0.39 is 22.0 Å². The second-order valence-corrected chi connectivity index (χ2v) is 4.79. The van der Waals surface area contributed by atoms with Gasteiger partial charge in [-0.15, -0.1) is 0 Å². The Morgan fingerprint density at radius 2 is 2.17 bits per heavy atom. The zero-order valence-corrected chi connectivity index (χ0v) is 10.7. The number of hydrogen-bond donors (Lipinski definition) is 2. The van der Waals surface area contributed by atoms with E-state index in [9.17, 15) is 14.5 Å². The molecule has 1 aromatic rings. The molecule has 0 saturated carbocycles. The van der Waals surface area contributed by atoms with Crippen molar-refractivity contribution < 1.29 is 9.31 Å². The van der Waals surface area contributed by atoms with Crippen LogP contribution in [0.5, 0.6) is 0 Å². The minimum absolute atomic E-state index is 0.144. The molecule has 0 radical (unpaired) electrons. The zero-order chi connectivity index (χ0) is 13.9. The molecule has 1 atom stereocenters. The third kappa shape index (κ3) is 2.76. The lowest BCUT2D eigenvalue weighted by molar-refractivity contribution is -0.386. The summed E-state index contributed by atoms with van der Waals surface area (Å²) in [5, 5.41) is 13.9. The molecule has 0 heterocycles. The zero-order valence-electron chi connectivity index (χ0n) is 10.7. The number of nitrogens with zero attached hydrogens (tertiary/aromatic N) is 1. The normalized spacial score (nSPS) is 14.3. The monoisotopic (exact) mass is 255 g/mol. The van der Waals surface area contributed by atoms with E-state index in [0.717, 1.165) is 6.07 Å². The summed E-state index contributed by atoms with van der Waals surface area (Å²) in [5.41, 5.74) is 4.78. The molecule has 0 aliphatic heterocycles. The van der Waals surface area contributed by atoms with Crippen LogP contribution in [-0.2, 0) is 0 Å². The number of anilines is 1. The number of hydrogen-bond acceptors (Lipinski definition) is 4. The van der Waals surface area contributed by atoms with E-state index in [-0.39, 0.29) is 11.6 Å². The first-order valence-electron chi connectivity index (χ1n) is 5.73. The lowest BCUT2D eigenvalue weighted by Gasteiger charge is -2.34. The Hall–Kier alpha value is -1.69. The lowest BCUT2D eigenvalue weighted by atomic mass is 9.88. The van der Waals surface area contributed by atoms with Gasteiger partial charge in [0.1, 0.15) is 5.69 Å². The lowest BCUT2D eigenvalue weighted by Crippen LogP contribution is -2.47. The van der Waals surface area contributed by atoms with Crippen molar-refractivity contribution in [3.8, 4) is 0 Å². The third-order valence-electron chi connectivity index (χ3n) is 3.29. The van der Waals surface area contributed by atoms with E-state index >= 15 is 0 Å². The molecule has 0 amide bonds. The van der Waals surface area contributed by atoms with Crippen LogP contribution in [0, 0.1) is 21.8 Å². The minimum atomic E-state index is -0.854. The van der Waals surface area contributed by atoms with E-state index in [1.165, 1.54) is 12.1 Å². The Morgan fingerprint density at radius 1 is 1.56 bits per heavy atom. The highest BCUT2D eigenvalue weighted by atomic mass is 19.1. The van der Waals surface area contributed by atoms with Crippen LogP contribution in [0.2, 0.25) is 0 Å². The Bertz CT molecular complexity index is 451. The van der Waals surface area contributed by atoms with E-state index in [0.29, 0.717) is 6.54 Å². The van der Waals surface area contributed by atoms with Crippen LogP contribution in [-0.4, -0.2) is 17.0 Å². The number of nitro groups is 1. The van der Waals surface area contributed by atoms with Gasteiger partial charge in [0.15, 0.2) is 0 Å². The molecular weight excluding hydrogens is 237 g/mol. The first-order valence-corrected chi connectivity index (χ1v) is 5.73. The molecule has 0 saturated heterocycles. The van der Waals surface area contributed by atoms with Crippen LogP contribution in [0.4, 0.5) is 15.8 Å². The van der Waals surface area contributed by atoms with Gasteiger partial charge in [0.05, 0.1) is 4.92 Å². The fourth-order valence-electron chi connectivity index (χ4n) is 1.54. The van der Waals surface area contributed by atoms with Crippen LogP contribution >= 0.6 is 0 Å².